The number of carbonyl (C=O) groups excluding carboxylic acids is 8. The zero-order chi connectivity index (χ0) is 98.5. The maximum Gasteiger partial charge on any atom is 0.490 e. The molecular weight excluding hydrogens is 1780 g/mol. The largest absolute Gasteiger partial charge is 0.490 e. The first-order valence-electron chi connectivity index (χ1n) is 39.6. The van der Waals surface area contributed by atoms with Crippen LogP contribution in [0.5, 0.6) is 0 Å². The average Bonchev–Trinajstić information content (AvgIpc) is 1.60. The second kappa shape index (κ2) is 53.4. The molecule has 6 amide bonds. The van der Waals surface area contributed by atoms with Gasteiger partial charge in [-0.2, -0.15) is 26.3 Å². The maximum absolute atomic E-state index is 15.0. The van der Waals surface area contributed by atoms with Gasteiger partial charge in [0.05, 0.1) is 60.6 Å². The zero-order valence-electron chi connectivity index (χ0n) is 71.3. The zero-order valence-corrected chi connectivity index (χ0v) is 72.9. The van der Waals surface area contributed by atoms with Gasteiger partial charge in [-0.15, -0.1) is 23.5 Å². The monoisotopic (exact) mass is 1890 g/mol. The van der Waals surface area contributed by atoms with Crippen LogP contribution in [0.25, 0.3) is 22.3 Å². The predicted octanol–water partition coefficient (Wildman–Crippen LogP) is 6.62. The number of carbonyl (C=O) groups is 14. The van der Waals surface area contributed by atoms with E-state index in [9.17, 15) is 103 Å². The molecule has 20 N–H and O–H groups in total. The molecule has 0 saturated carbocycles. The second-order valence-electron chi connectivity index (χ2n) is 31.2. The number of amides is 6. The number of ketones is 2. The number of Topliss-reactive ketones (excluding diaryl/α,β-unsaturated/α-hetero) is 2. The van der Waals surface area contributed by atoms with Crippen LogP contribution in [-0.2, 0) is 80.2 Å². The number of thioether (sulfide) groups is 2. The van der Waals surface area contributed by atoms with Crippen LogP contribution in [-0.4, -0.2) is 254 Å². The Balaban J connectivity index is 0.000000582. The quantitative estimate of drug-likeness (QED) is 0.0141. The summed E-state index contributed by atoms with van der Waals surface area (Å²) in [6.07, 6.45) is -7.77. The fourth-order valence-electron chi connectivity index (χ4n) is 12.4. The van der Waals surface area contributed by atoms with Crippen molar-refractivity contribution in [2.24, 2.45) is 33.8 Å². The number of hydrogen-bond donors (Lipinski definition) is 16. The molecule has 0 spiro atoms. The van der Waals surface area contributed by atoms with Crippen molar-refractivity contribution in [1.82, 2.24) is 40.2 Å². The van der Waals surface area contributed by atoms with Crippen molar-refractivity contribution in [2.75, 3.05) is 64.0 Å². The summed E-state index contributed by atoms with van der Waals surface area (Å²) in [6.45, 7) is 9.47. The number of rotatable bonds is 46. The molecule has 2 heterocycles. The van der Waals surface area contributed by atoms with Crippen LogP contribution in [0.3, 0.4) is 0 Å². The van der Waals surface area contributed by atoms with Crippen molar-refractivity contribution in [3.63, 3.8) is 0 Å². The molecule has 0 aliphatic rings. The van der Waals surface area contributed by atoms with Crippen molar-refractivity contribution in [3.8, 4) is 22.3 Å². The summed E-state index contributed by atoms with van der Waals surface area (Å²) in [6, 6.07) is 22.3. The number of aliphatic hydroxyl groups is 2. The van der Waals surface area contributed by atoms with Crippen LogP contribution in [0.15, 0.2) is 122 Å². The Morgan fingerprint density at radius 2 is 0.754 bits per heavy atom. The van der Waals surface area contributed by atoms with Gasteiger partial charge in [-0.3, -0.25) is 57.5 Å². The van der Waals surface area contributed by atoms with Gasteiger partial charge in [0, 0.05) is 110 Å². The van der Waals surface area contributed by atoms with Crippen molar-refractivity contribution in [2.45, 2.75) is 165 Å². The number of alkyl halides is 6. The Morgan fingerprint density at radius 3 is 1.03 bits per heavy atom. The van der Waals surface area contributed by atoms with Gasteiger partial charge in [-0.1, -0.05) is 102 Å². The van der Waals surface area contributed by atoms with Gasteiger partial charge in [0.1, 0.15) is 48.6 Å². The number of nitrogens with one attached hydrogen (secondary N) is 4. The van der Waals surface area contributed by atoms with E-state index in [0.717, 1.165) is 71.0 Å². The summed E-state index contributed by atoms with van der Waals surface area (Å²) in [5.41, 5.74) is 25.8. The Bertz CT molecular complexity index is 4530. The molecule has 6 rings (SSSR count). The highest BCUT2D eigenvalue weighted by atomic mass is 32.2. The van der Waals surface area contributed by atoms with Gasteiger partial charge in [0.15, 0.2) is 11.6 Å². The van der Waals surface area contributed by atoms with E-state index >= 15 is 8.78 Å². The smallest absolute Gasteiger partial charge is 0.481 e. The highest BCUT2D eigenvalue weighted by Crippen LogP contribution is 2.44. The maximum atomic E-state index is 15.0. The fraction of sp³-hybridized carbons (Fsp3) is 0.452. The van der Waals surface area contributed by atoms with Crippen LogP contribution in [0.1, 0.15) is 128 Å². The normalized spacial score (nSPS) is 13.3. The summed E-state index contributed by atoms with van der Waals surface area (Å²) in [7, 11) is 0. The number of aromatic nitrogens is 2. The molecular formula is C84H106F10N12O22S2. The van der Waals surface area contributed by atoms with Crippen LogP contribution >= 0.6 is 23.5 Å². The van der Waals surface area contributed by atoms with Crippen molar-refractivity contribution >= 4 is 106 Å². The van der Waals surface area contributed by atoms with E-state index in [1.165, 1.54) is 9.80 Å². The van der Waals surface area contributed by atoms with Crippen molar-refractivity contribution in [3.05, 3.63) is 167 Å². The molecule has 46 heteroatoms. The third-order valence-electron chi connectivity index (χ3n) is 18.7. The van der Waals surface area contributed by atoms with Crippen molar-refractivity contribution < 1.29 is 152 Å². The summed E-state index contributed by atoms with van der Waals surface area (Å²) < 4.78 is 126. The highest BCUT2D eigenvalue weighted by Gasteiger charge is 2.42. The number of halogens is 10. The first-order chi connectivity index (χ1) is 60.5. The molecule has 8 atom stereocenters. The summed E-state index contributed by atoms with van der Waals surface area (Å²) in [5.74, 6) is -18.4. The van der Waals surface area contributed by atoms with E-state index in [4.69, 9.17) is 63.2 Å². The van der Waals surface area contributed by atoms with Crippen LogP contribution in [0, 0.1) is 34.1 Å². The Kier molecular flexibility index (Phi) is 46.1. The predicted molar refractivity (Wildman–Crippen MR) is 454 cm³/mol. The van der Waals surface area contributed by atoms with Gasteiger partial charge < -0.3 is 104 Å². The molecule has 716 valence electrons. The molecule has 0 bridgehead atoms. The first-order valence-corrected chi connectivity index (χ1v) is 41.7. The number of nitrogens with zero attached hydrogens (tertiary/aromatic N) is 4. The molecule has 0 saturated heterocycles. The lowest BCUT2D eigenvalue weighted by Gasteiger charge is -2.41. The molecule has 0 aliphatic carbocycles. The lowest BCUT2D eigenvalue weighted by atomic mass is 9.82. The highest BCUT2D eigenvalue weighted by molar-refractivity contribution is 8.00. The summed E-state index contributed by atoms with van der Waals surface area (Å²) >= 11 is 1.51. The Morgan fingerprint density at radius 1 is 0.438 bits per heavy atom. The number of hydrogen-bond acceptors (Lipinski definition) is 22. The third-order valence-corrected chi connectivity index (χ3v) is 21.3. The lowest BCUT2D eigenvalue weighted by molar-refractivity contribution is -0.193. The molecule has 0 aliphatic heterocycles. The molecule has 0 radical (unpaired) electrons. The Hall–Kier alpha value is -11.8. The first kappa shape index (κ1) is 112. The molecule has 0 fully saturated rings. The van der Waals surface area contributed by atoms with Gasteiger partial charge in [-0.25, -0.2) is 27.2 Å². The van der Waals surface area contributed by atoms with E-state index in [-0.39, 0.29) is 87.3 Å². The van der Waals surface area contributed by atoms with Crippen LogP contribution in [0.4, 0.5) is 43.9 Å². The second-order valence-corrected chi connectivity index (χ2v) is 33.7. The Labute approximate surface area is 747 Å². The van der Waals surface area contributed by atoms with Crippen molar-refractivity contribution in [1.29, 1.82) is 0 Å². The summed E-state index contributed by atoms with van der Waals surface area (Å²) in [4.78, 5) is 168. The fourth-order valence-corrected chi connectivity index (χ4v) is 14.6. The van der Waals surface area contributed by atoms with E-state index in [1.54, 1.807) is 24.5 Å². The molecule has 4 unspecified atom stereocenters. The minimum Gasteiger partial charge on any atom is -0.481 e. The molecule has 2 aromatic heterocycles. The number of aliphatic hydroxyl groups excluding tert-OH is 2. The van der Waals surface area contributed by atoms with E-state index in [0.29, 0.717) is 35.6 Å². The molecule has 6 aromatic rings. The number of aliphatic carboxylic acids is 6. The summed E-state index contributed by atoms with van der Waals surface area (Å²) in [5, 5.41) is 78.2. The minimum atomic E-state index is -5.08. The van der Waals surface area contributed by atoms with Gasteiger partial charge in [-0.05, 0) is 96.2 Å². The lowest BCUT2D eigenvalue weighted by Crippen LogP contribution is -2.47. The molecule has 4 aromatic carbocycles. The van der Waals surface area contributed by atoms with Crippen LogP contribution in [0.2, 0.25) is 0 Å². The minimum absolute atomic E-state index is 0.0211. The SMILES string of the molecule is CC(C)(C)[C@H](c1cc(-c2cc(F)ccc2F)cn1Cc1ccccc1)N(CC[C@H](N)C(=O)NCCCC(=O)CNC(=O)C(CC(=O)O)SCC(N)C(=O)O)C(=O)CO.CC(C)(C)[C@H](c1cc(-c2cc(F)ccc2F)cn1Cc1ccccc1)N(CC[C@H](N)C(=O)NCCCC(=O)CNC(=O)C(CC(=O)O)SCC(N)C(=O)O)C(=O)CO.O=C(O)C(F)(F)F.O=C(O)C(F)(F)F. The number of carboxylic acids is 6. The van der Waals surface area contributed by atoms with E-state index < -0.39 is 215 Å². The topological polar surface area (TPSA) is 569 Å². The van der Waals surface area contributed by atoms with E-state index in [1.807, 2.05) is 111 Å². The molecule has 130 heavy (non-hydrogen) atoms. The molecule has 34 nitrogen and oxygen atoms in total. The third kappa shape index (κ3) is 39.2. The number of benzene rings is 4. The van der Waals surface area contributed by atoms with Gasteiger partial charge >= 0.3 is 48.2 Å². The van der Waals surface area contributed by atoms with Crippen LogP contribution < -0.4 is 44.2 Å². The van der Waals surface area contributed by atoms with Gasteiger partial charge in [0.25, 0.3) is 0 Å². The van der Waals surface area contributed by atoms with E-state index in [2.05, 4.69) is 21.3 Å². The van der Waals surface area contributed by atoms with Gasteiger partial charge in [0.2, 0.25) is 35.4 Å². The standard InChI is InChI=1S/2C40H52F2N6O9S.2C2HF3O2/c2*1-40(2,3)36(32-16-25(28-17-26(41)11-12-29(28)42)21-47(32)20-24-8-5-4-6-9-24)48(34(51)22-49)15-13-30(43)37(54)45-14-7-10-27(50)19-46-38(55)33(18-35(52)53)58-23-31(44)39(56)57;2*3-2(4,5)1(6)7/h2*4-6,8-9,11-12,16-17,21,30-31,33,36,49H,7,10,13-15,18-20,22-23,43-44H2,1-3H3,(H,45,54)(H,46,55)(H,52,53)(H,56,57);2*(H,6,7)/t2*30-,31?,33?,36-;;/m00../s1. The average molecular weight is 1890 g/mol. The number of carboxylic acid groups (broad SMARTS) is 6. The number of nitrogens with two attached hydrogens (primary N) is 4.